The summed E-state index contributed by atoms with van der Waals surface area (Å²) in [6, 6.07) is 5.18. The molecule has 24 heavy (non-hydrogen) atoms. The SMILES string of the molecule is CC(C)[Si](OCc1cc(C(F)(F)F)ccc1C#N)(C(C)C)C(C)C. The van der Waals surface area contributed by atoms with Crippen LogP contribution in [0, 0.1) is 11.3 Å². The summed E-state index contributed by atoms with van der Waals surface area (Å²) >= 11 is 0. The van der Waals surface area contributed by atoms with Crippen LogP contribution < -0.4 is 0 Å². The zero-order chi connectivity index (χ0) is 18.7. The molecule has 0 N–H and O–H groups in total. The van der Waals surface area contributed by atoms with Crippen LogP contribution in [0.2, 0.25) is 16.6 Å². The molecule has 0 saturated heterocycles. The maximum Gasteiger partial charge on any atom is 0.416 e. The van der Waals surface area contributed by atoms with Crippen LogP contribution in [0.15, 0.2) is 18.2 Å². The van der Waals surface area contributed by atoms with Gasteiger partial charge >= 0.3 is 6.18 Å². The van der Waals surface area contributed by atoms with Crippen molar-refractivity contribution >= 4 is 8.32 Å². The van der Waals surface area contributed by atoms with E-state index in [2.05, 4.69) is 41.5 Å². The summed E-state index contributed by atoms with van der Waals surface area (Å²) in [5.41, 5.74) is 0.788. The van der Waals surface area contributed by atoms with Gasteiger partial charge in [-0.3, -0.25) is 0 Å². The number of halogens is 3. The summed E-state index contributed by atoms with van der Waals surface area (Å²) in [6.45, 7) is 12.7. The van der Waals surface area contributed by atoms with Crippen molar-refractivity contribution in [2.45, 2.75) is 70.9 Å². The lowest BCUT2D eigenvalue weighted by atomic mass is 10.1. The predicted molar refractivity (Wildman–Crippen MR) is 92.0 cm³/mol. The van der Waals surface area contributed by atoms with Crippen molar-refractivity contribution in [2.75, 3.05) is 0 Å². The highest BCUT2D eigenvalue weighted by Gasteiger charge is 2.45. The quantitative estimate of drug-likeness (QED) is 0.562. The second-order valence-corrected chi connectivity index (χ2v) is 12.5. The van der Waals surface area contributed by atoms with E-state index in [1.165, 1.54) is 6.07 Å². The van der Waals surface area contributed by atoms with Gasteiger partial charge in [-0.25, -0.2) is 0 Å². The van der Waals surface area contributed by atoms with Crippen LogP contribution in [-0.4, -0.2) is 8.32 Å². The van der Waals surface area contributed by atoms with Gasteiger partial charge < -0.3 is 4.43 Å². The Morgan fingerprint density at radius 2 is 1.54 bits per heavy atom. The van der Waals surface area contributed by atoms with Crippen LogP contribution in [0.5, 0.6) is 0 Å². The van der Waals surface area contributed by atoms with Gasteiger partial charge in [0.15, 0.2) is 0 Å². The highest BCUT2D eigenvalue weighted by atomic mass is 28.4. The van der Waals surface area contributed by atoms with Crippen molar-refractivity contribution in [3.05, 3.63) is 34.9 Å². The van der Waals surface area contributed by atoms with Gasteiger partial charge in [-0.05, 0) is 40.4 Å². The fourth-order valence-corrected chi connectivity index (χ4v) is 9.11. The topological polar surface area (TPSA) is 33.0 Å². The number of benzene rings is 1. The molecule has 0 bridgehead atoms. The number of nitrogens with zero attached hydrogens (tertiary/aromatic N) is 1. The van der Waals surface area contributed by atoms with E-state index in [4.69, 9.17) is 4.43 Å². The highest BCUT2D eigenvalue weighted by Crippen LogP contribution is 2.43. The standard InChI is InChI=1S/C18H26F3NOSi/c1-12(2)24(13(3)4,14(5)6)23-11-16-9-17(18(19,20)21)8-7-15(16)10-22/h7-9,12-14H,11H2,1-6H3. The van der Waals surface area contributed by atoms with E-state index in [1.807, 2.05) is 6.07 Å². The van der Waals surface area contributed by atoms with Crippen molar-refractivity contribution in [3.8, 4) is 6.07 Å². The van der Waals surface area contributed by atoms with E-state index < -0.39 is 20.1 Å². The van der Waals surface area contributed by atoms with Gasteiger partial charge in [-0.15, -0.1) is 0 Å². The Morgan fingerprint density at radius 1 is 1.04 bits per heavy atom. The third-order valence-electron chi connectivity index (χ3n) is 4.74. The second kappa shape index (κ2) is 7.71. The molecule has 0 aromatic heterocycles. The van der Waals surface area contributed by atoms with Crippen molar-refractivity contribution in [1.29, 1.82) is 5.26 Å². The molecule has 2 nitrogen and oxygen atoms in total. The molecular formula is C18H26F3NOSi. The fraction of sp³-hybridized carbons (Fsp3) is 0.611. The van der Waals surface area contributed by atoms with Crippen LogP contribution in [0.1, 0.15) is 58.2 Å². The van der Waals surface area contributed by atoms with Crippen LogP contribution in [0.3, 0.4) is 0 Å². The Labute approximate surface area is 143 Å². The van der Waals surface area contributed by atoms with Crippen LogP contribution >= 0.6 is 0 Å². The molecule has 6 heteroatoms. The summed E-state index contributed by atoms with van der Waals surface area (Å²) < 4.78 is 45.2. The third-order valence-corrected chi connectivity index (χ3v) is 10.8. The zero-order valence-electron chi connectivity index (χ0n) is 15.2. The summed E-state index contributed by atoms with van der Waals surface area (Å²) in [7, 11) is -2.20. The van der Waals surface area contributed by atoms with Gasteiger partial charge in [-0.2, -0.15) is 18.4 Å². The molecule has 0 heterocycles. The molecule has 0 saturated carbocycles. The summed E-state index contributed by atoms with van der Waals surface area (Å²) in [5.74, 6) is 0. The molecule has 0 spiro atoms. The van der Waals surface area contributed by atoms with Crippen molar-refractivity contribution in [1.82, 2.24) is 0 Å². The Morgan fingerprint density at radius 3 is 1.92 bits per heavy atom. The number of hydrogen-bond donors (Lipinski definition) is 0. The van der Waals surface area contributed by atoms with E-state index in [0.29, 0.717) is 22.2 Å². The van der Waals surface area contributed by atoms with E-state index in [1.54, 1.807) is 0 Å². The minimum Gasteiger partial charge on any atom is -0.412 e. The molecular weight excluding hydrogens is 331 g/mol. The van der Waals surface area contributed by atoms with Crippen LogP contribution in [-0.2, 0) is 17.2 Å². The molecule has 0 fully saturated rings. The monoisotopic (exact) mass is 357 g/mol. The van der Waals surface area contributed by atoms with Crippen LogP contribution in [0.4, 0.5) is 13.2 Å². The first-order valence-electron chi connectivity index (χ1n) is 8.21. The maximum absolute atomic E-state index is 12.9. The molecule has 134 valence electrons. The minimum atomic E-state index is -4.43. The molecule has 0 atom stereocenters. The van der Waals surface area contributed by atoms with E-state index in [0.717, 1.165) is 12.1 Å². The molecule has 0 aliphatic rings. The lowest BCUT2D eigenvalue weighted by Crippen LogP contribution is -2.47. The van der Waals surface area contributed by atoms with Gasteiger partial charge in [-0.1, -0.05) is 41.5 Å². The van der Waals surface area contributed by atoms with Crippen molar-refractivity contribution in [3.63, 3.8) is 0 Å². The summed E-state index contributed by atoms with van der Waals surface area (Å²) in [5, 5.41) is 9.19. The molecule has 0 amide bonds. The minimum absolute atomic E-state index is 0.0492. The Hall–Kier alpha value is -1.32. The third kappa shape index (κ3) is 4.20. The average molecular weight is 357 g/mol. The fourth-order valence-electron chi connectivity index (χ4n) is 3.70. The van der Waals surface area contributed by atoms with Gasteiger partial charge in [0.1, 0.15) is 0 Å². The number of nitriles is 1. The molecule has 0 radical (unpaired) electrons. The first-order valence-corrected chi connectivity index (χ1v) is 10.3. The Balaban J connectivity index is 3.22. The van der Waals surface area contributed by atoms with E-state index in [9.17, 15) is 18.4 Å². The van der Waals surface area contributed by atoms with Crippen molar-refractivity contribution < 1.29 is 17.6 Å². The predicted octanol–water partition coefficient (Wildman–Crippen LogP) is 6.27. The maximum atomic E-state index is 12.9. The first-order chi connectivity index (χ1) is 11.0. The first kappa shape index (κ1) is 20.7. The molecule has 1 rings (SSSR count). The van der Waals surface area contributed by atoms with Crippen molar-refractivity contribution in [2.24, 2.45) is 0 Å². The normalized spacial score (nSPS) is 13.0. The van der Waals surface area contributed by atoms with Crippen LogP contribution in [0.25, 0.3) is 0 Å². The summed E-state index contributed by atoms with van der Waals surface area (Å²) in [4.78, 5) is 0. The number of hydrogen-bond acceptors (Lipinski definition) is 2. The summed E-state index contributed by atoms with van der Waals surface area (Å²) in [6.07, 6.45) is -4.43. The molecule has 0 unspecified atom stereocenters. The average Bonchev–Trinajstić information content (AvgIpc) is 2.45. The second-order valence-electron chi connectivity index (χ2n) is 7.09. The zero-order valence-corrected chi connectivity index (χ0v) is 16.2. The molecule has 0 aliphatic heterocycles. The van der Waals surface area contributed by atoms with Gasteiger partial charge in [0.2, 0.25) is 8.32 Å². The lowest BCUT2D eigenvalue weighted by Gasteiger charge is -2.42. The number of rotatable bonds is 6. The Bertz CT molecular complexity index is 581. The highest BCUT2D eigenvalue weighted by molar-refractivity contribution is 6.77. The molecule has 1 aromatic rings. The van der Waals surface area contributed by atoms with Gasteiger partial charge in [0.05, 0.1) is 23.8 Å². The van der Waals surface area contributed by atoms with E-state index in [-0.39, 0.29) is 12.2 Å². The molecule has 1 aromatic carbocycles. The molecule has 0 aliphatic carbocycles. The van der Waals surface area contributed by atoms with Gasteiger partial charge in [0, 0.05) is 0 Å². The smallest absolute Gasteiger partial charge is 0.412 e. The number of alkyl halides is 3. The Kier molecular flexibility index (Phi) is 6.65. The lowest BCUT2D eigenvalue weighted by molar-refractivity contribution is -0.137. The largest absolute Gasteiger partial charge is 0.416 e. The van der Waals surface area contributed by atoms with E-state index >= 15 is 0 Å². The van der Waals surface area contributed by atoms with Gasteiger partial charge in [0.25, 0.3) is 0 Å².